The van der Waals surface area contributed by atoms with Gasteiger partial charge < -0.3 is 15.5 Å². The largest absolute Gasteiger partial charge is 0.370 e. The SMILES string of the molecule is CN(C)c1ncccc1CN=C(N)N1CCCCCC1. The predicted molar refractivity (Wildman–Crippen MR) is 83.9 cm³/mol. The summed E-state index contributed by atoms with van der Waals surface area (Å²) in [7, 11) is 3.99. The van der Waals surface area contributed by atoms with E-state index in [1.165, 1.54) is 25.7 Å². The first-order valence-corrected chi connectivity index (χ1v) is 7.34. The van der Waals surface area contributed by atoms with Gasteiger partial charge in [0, 0.05) is 38.9 Å². The number of anilines is 1. The third kappa shape index (κ3) is 3.85. The highest BCUT2D eigenvalue weighted by atomic mass is 15.2. The maximum atomic E-state index is 6.13. The maximum absolute atomic E-state index is 6.13. The lowest BCUT2D eigenvalue weighted by Crippen LogP contribution is -2.38. The van der Waals surface area contributed by atoms with E-state index in [1.54, 1.807) is 6.20 Å². The monoisotopic (exact) mass is 275 g/mol. The van der Waals surface area contributed by atoms with E-state index in [4.69, 9.17) is 5.73 Å². The number of guanidine groups is 1. The molecule has 0 atom stereocenters. The Balaban J connectivity index is 2.04. The van der Waals surface area contributed by atoms with E-state index in [0.29, 0.717) is 12.5 Å². The molecule has 0 aliphatic carbocycles. The van der Waals surface area contributed by atoms with Crippen LogP contribution in [0.2, 0.25) is 0 Å². The molecule has 0 unspecified atom stereocenters. The second kappa shape index (κ2) is 7.12. The molecule has 1 aliphatic rings. The number of nitrogens with zero attached hydrogens (tertiary/aromatic N) is 4. The van der Waals surface area contributed by atoms with Crippen LogP contribution in [0.3, 0.4) is 0 Å². The minimum Gasteiger partial charge on any atom is -0.370 e. The fourth-order valence-electron chi connectivity index (χ4n) is 2.52. The number of rotatable bonds is 3. The Kier molecular flexibility index (Phi) is 5.21. The second-order valence-corrected chi connectivity index (χ2v) is 5.46. The molecule has 1 fully saturated rings. The third-order valence-electron chi connectivity index (χ3n) is 3.63. The van der Waals surface area contributed by atoms with E-state index >= 15 is 0 Å². The number of aromatic nitrogens is 1. The summed E-state index contributed by atoms with van der Waals surface area (Å²) in [4.78, 5) is 13.2. The van der Waals surface area contributed by atoms with Crippen LogP contribution in [0.5, 0.6) is 0 Å². The van der Waals surface area contributed by atoms with Crippen LogP contribution in [-0.2, 0) is 6.54 Å². The van der Waals surface area contributed by atoms with Crippen LogP contribution in [-0.4, -0.2) is 43.0 Å². The van der Waals surface area contributed by atoms with Crippen molar-refractivity contribution in [3.63, 3.8) is 0 Å². The van der Waals surface area contributed by atoms with Crippen molar-refractivity contribution in [3.05, 3.63) is 23.9 Å². The van der Waals surface area contributed by atoms with Crippen LogP contribution < -0.4 is 10.6 Å². The van der Waals surface area contributed by atoms with Crippen molar-refractivity contribution in [1.29, 1.82) is 0 Å². The molecule has 1 aromatic rings. The molecular weight excluding hydrogens is 250 g/mol. The molecule has 0 aromatic carbocycles. The molecule has 0 radical (unpaired) electrons. The predicted octanol–water partition coefficient (Wildman–Crippen LogP) is 1.84. The number of hydrogen-bond acceptors (Lipinski definition) is 3. The molecule has 20 heavy (non-hydrogen) atoms. The van der Waals surface area contributed by atoms with E-state index in [0.717, 1.165) is 24.5 Å². The Morgan fingerprint density at radius 2 is 2.00 bits per heavy atom. The van der Waals surface area contributed by atoms with Crippen LogP contribution in [0.25, 0.3) is 0 Å². The number of likely N-dealkylation sites (tertiary alicyclic amines) is 1. The van der Waals surface area contributed by atoms with Crippen molar-refractivity contribution in [2.45, 2.75) is 32.2 Å². The molecule has 5 heteroatoms. The van der Waals surface area contributed by atoms with E-state index in [9.17, 15) is 0 Å². The van der Waals surface area contributed by atoms with Crippen LogP contribution in [0.15, 0.2) is 23.3 Å². The van der Waals surface area contributed by atoms with E-state index in [1.807, 2.05) is 25.1 Å². The topological polar surface area (TPSA) is 57.8 Å². The highest BCUT2D eigenvalue weighted by Gasteiger charge is 2.11. The quantitative estimate of drug-likeness (QED) is 0.675. The molecule has 1 aromatic heterocycles. The molecule has 2 N–H and O–H groups in total. The molecule has 0 amide bonds. The van der Waals surface area contributed by atoms with Crippen molar-refractivity contribution in [1.82, 2.24) is 9.88 Å². The van der Waals surface area contributed by atoms with Crippen LogP contribution in [0, 0.1) is 0 Å². The molecule has 2 heterocycles. The summed E-state index contributed by atoms with van der Waals surface area (Å²) < 4.78 is 0. The lowest BCUT2D eigenvalue weighted by Gasteiger charge is -2.21. The summed E-state index contributed by atoms with van der Waals surface area (Å²) in [5.74, 6) is 1.63. The van der Waals surface area contributed by atoms with Gasteiger partial charge in [-0.1, -0.05) is 18.9 Å². The number of hydrogen-bond donors (Lipinski definition) is 1. The minimum atomic E-state index is 0.587. The highest BCUT2D eigenvalue weighted by molar-refractivity contribution is 5.78. The van der Waals surface area contributed by atoms with Gasteiger partial charge in [-0.05, 0) is 18.9 Å². The van der Waals surface area contributed by atoms with E-state index in [-0.39, 0.29) is 0 Å². The van der Waals surface area contributed by atoms with Crippen molar-refractivity contribution >= 4 is 11.8 Å². The lowest BCUT2D eigenvalue weighted by molar-refractivity contribution is 0.428. The lowest BCUT2D eigenvalue weighted by atomic mass is 10.2. The van der Waals surface area contributed by atoms with Gasteiger partial charge in [-0.3, -0.25) is 0 Å². The van der Waals surface area contributed by atoms with E-state index < -0.39 is 0 Å². The van der Waals surface area contributed by atoms with Crippen molar-refractivity contribution in [2.24, 2.45) is 10.7 Å². The normalized spacial score (nSPS) is 16.9. The smallest absolute Gasteiger partial charge is 0.191 e. The zero-order chi connectivity index (χ0) is 14.4. The molecule has 1 saturated heterocycles. The Bertz CT molecular complexity index is 447. The fourth-order valence-corrected chi connectivity index (χ4v) is 2.52. The van der Waals surface area contributed by atoms with Crippen LogP contribution in [0.1, 0.15) is 31.2 Å². The van der Waals surface area contributed by atoms with Gasteiger partial charge in [0.05, 0.1) is 6.54 Å². The van der Waals surface area contributed by atoms with Gasteiger partial charge in [0.1, 0.15) is 5.82 Å². The summed E-state index contributed by atoms with van der Waals surface area (Å²) in [5.41, 5.74) is 7.24. The molecule has 110 valence electrons. The average molecular weight is 275 g/mol. The zero-order valence-electron chi connectivity index (χ0n) is 12.5. The molecule has 0 bridgehead atoms. The molecule has 0 saturated carbocycles. The Morgan fingerprint density at radius 1 is 1.30 bits per heavy atom. The van der Waals surface area contributed by atoms with Gasteiger partial charge in [0.25, 0.3) is 0 Å². The summed E-state index contributed by atoms with van der Waals surface area (Å²) in [5, 5.41) is 0. The maximum Gasteiger partial charge on any atom is 0.191 e. The second-order valence-electron chi connectivity index (χ2n) is 5.46. The summed E-state index contributed by atoms with van der Waals surface area (Å²) in [6, 6.07) is 4.00. The first-order chi connectivity index (χ1) is 9.68. The van der Waals surface area contributed by atoms with E-state index in [2.05, 4.69) is 20.9 Å². The Labute approximate surface area is 121 Å². The molecule has 0 spiro atoms. The molecule has 2 rings (SSSR count). The van der Waals surface area contributed by atoms with Crippen molar-refractivity contribution < 1.29 is 0 Å². The van der Waals surface area contributed by atoms with Crippen LogP contribution >= 0.6 is 0 Å². The van der Waals surface area contributed by atoms with Crippen molar-refractivity contribution in [3.8, 4) is 0 Å². The molecule has 1 aliphatic heterocycles. The van der Waals surface area contributed by atoms with Gasteiger partial charge in [-0.15, -0.1) is 0 Å². The van der Waals surface area contributed by atoms with Gasteiger partial charge in [-0.25, -0.2) is 9.98 Å². The summed E-state index contributed by atoms with van der Waals surface area (Å²) in [6.07, 6.45) is 6.84. The first-order valence-electron chi connectivity index (χ1n) is 7.34. The Morgan fingerprint density at radius 3 is 2.65 bits per heavy atom. The number of nitrogens with two attached hydrogens (primary N) is 1. The highest BCUT2D eigenvalue weighted by Crippen LogP contribution is 2.16. The number of aliphatic imine (C=N–C) groups is 1. The average Bonchev–Trinajstić information content (AvgIpc) is 2.74. The zero-order valence-corrected chi connectivity index (χ0v) is 12.5. The minimum absolute atomic E-state index is 0.587. The number of pyridine rings is 1. The first kappa shape index (κ1) is 14.6. The summed E-state index contributed by atoms with van der Waals surface area (Å²) >= 11 is 0. The Hall–Kier alpha value is -1.78. The van der Waals surface area contributed by atoms with Crippen molar-refractivity contribution in [2.75, 3.05) is 32.1 Å². The fraction of sp³-hybridized carbons (Fsp3) is 0.600. The molecular formula is C15H25N5. The standard InChI is InChI=1S/C15H25N5/c1-19(2)14-13(8-7-9-17-14)12-18-15(16)20-10-5-3-4-6-11-20/h7-9H,3-6,10-12H2,1-2H3,(H2,16,18). The summed E-state index contributed by atoms with van der Waals surface area (Å²) in [6.45, 7) is 2.65. The van der Waals surface area contributed by atoms with Gasteiger partial charge in [0.15, 0.2) is 5.96 Å². The van der Waals surface area contributed by atoms with Gasteiger partial charge >= 0.3 is 0 Å². The third-order valence-corrected chi connectivity index (χ3v) is 3.63. The van der Waals surface area contributed by atoms with Gasteiger partial charge in [-0.2, -0.15) is 0 Å². The van der Waals surface area contributed by atoms with Crippen LogP contribution in [0.4, 0.5) is 5.82 Å². The van der Waals surface area contributed by atoms with Gasteiger partial charge in [0.2, 0.25) is 0 Å². The molecule has 5 nitrogen and oxygen atoms in total.